The Balaban J connectivity index is 1.71. The predicted octanol–water partition coefficient (Wildman–Crippen LogP) is 2.89. The Hall–Kier alpha value is -2.53. The van der Waals surface area contributed by atoms with Crippen molar-refractivity contribution in [2.75, 3.05) is 19.0 Å². The quantitative estimate of drug-likeness (QED) is 0.899. The monoisotopic (exact) mass is 344 g/mol. The third-order valence-corrected chi connectivity index (χ3v) is 4.15. The molecule has 1 aliphatic rings. The minimum atomic E-state index is -0.306. The van der Waals surface area contributed by atoms with Gasteiger partial charge in [-0.15, -0.1) is 0 Å². The Bertz CT molecular complexity index is 792. The molecule has 0 radical (unpaired) electrons. The Morgan fingerprint density at radius 1 is 1.21 bits per heavy atom. The molecule has 2 amide bonds. The molecule has 0 bridgehead atoms. The van der Waals surface area contributed by atoms with Crippen LogP contribution in [0, 0.1) is 5.92 Å². The van der Waals surface area contributed by atoms with Gasteiger partial charge in [-0.25, -0.2) is 0 Å². The normalized spacial score (nSPS) is 15.8. The molecular weight excluding hydrogens is 328 g/mol. The zero-order valence-corrected chi connectivity index (χ0v) is 13.9. The van der Waals surface area contributed by atoms with Gasteiger partial charge in [-0.1, -0.05) is 17.7 Å². The van der Waals surface area contributed by atoms with Gasteiger partial charge in [-0.2, -0.15) is 0 Å². The second-order valence-corrected chi connectivity index (χ2v) is 6.05. The molecule has 0 aromatic heterocycles. The summed E-state index contributed by atoms with van der Waals surface area (Å²) in [6.07, 6.45) is 0.566. The van der Waals surface area contributed by atoms with Gasteiger partial charge in [0, 0.05) is 23.3 Å². The summed E-state index contributed by atoms with van der Waals surface area (Å²) >= 11 is 6.00. The second-order valence-electron chi connectivity index (χ2n) is 5.61. The molecule has 6 heteroatoms. The number of hydrogen-bond donors (Lipinski definition) is 2. The maximum absolute atomic E-state index is 12.5. The number of halogens is 1. The second kappa shape index (κ2) is 6.93. The average molecular weight is 345 g/mol. The van der Waals surface area contributed by atoms with Crippen molar-refractivity contribution in [3.05, 3.63) is 58.6 Å². The topological polar surface area (TPSA) is 67.4 Å². The molecule has 1 heterocycles. The molecule has 1 aliphatic heterocycles. The minimum Gasteiger partial charge on any atom is -0.492 e. The molecule has 0 fully saturated rings. The van der Waals surface area contributed by atoms with E-state index in [4.69, 9.17) is 16.3 Å². The lowest BCUT2D eigenvalue weighted by Gasteiger charge is -2.24. The van der Waals surface area contributed by atoms with Gasteiger partial charge in [-0.05, 0) is 48.4 Å². The smallest absolute Gasteiger partial charge is 0.251 e. The third-order valence-electron chi connectivity index (χ3n) is 3.92. The highest BCUT2D eigenvalue weighted by atomic mass is 35.5. The Labute approximate surface area is 145 Å². The first kappa shape index (κ1) is 16.3. The largest absolute Gasteiger partial charge is 0.492 e. The van der Waals surface area contributed by atoms with E-state index in [0.29, 0.717) is 29.3 Å². The molecule has 0 spiro atoms. The molecule has 1 atom stereocenters. The van der Waals surface area contributed by atoms with Crippen molar-refractivity contribution in [2.45, 2.75) is 6.42 Å². The molecule has 2 N–H and O–H groups in total. The molecular formula is C18H17ClN2O3. The number of carbonyl (C=O) groups is 2. The van der Waals surface area contributed by atoms with E-state index >= 15 is 0 Å². The summed E-state index contributed by atoms with van der Waals surface area (Å²) in [5.74, 6) is 0.120. The number of amides is 2. The highest BCUT2D eigenvalue weighted by Crippen LogP contribution is 2.30. The van der Waals surface area contributed by atoms with Crippen molar-refractivity contribution in [1.82, 2.24) is 5.32 Å². The van der Waals surface area contributed by atoms with Crippen molar-refractivity contribution in [1.29, 1.82) is 0 Å². The Kier molecular flexibility index (Phi) is 4.71. The number of fused-ring (bicyclic) bond motifs is 1. The van der Waals surface area contributed by atoms with Crippen LogP contribution < -0.4 is 15.4 Å². The molecule has 0 aliphatic carbocycles. The van der Waals surface area contributed by atoms with Gasteiger partial charge in [0.15, 0.2) is 0 Å². The molecule has 0 saturated heterocycles. The van der Waals surface area contributed by atoms with Crippen LogP contribution in [0.5, 0.6) is 5.75 Å². The van der Waals surface area contributed by atoms with Crippen molar-refractivity contribution in [3.8, 4) is 5.75 Å². The van der Waals surface area contributed by atoms with Gasteiger partial charge in [0.1, 0.15) is 12.4 Å². The number of ether oxygens (including phenoxy) is 1. The van der Waals surface area contributed by atoms with Crippen LogP contribution in [0.2, 0.25) is 5.02 Å². The molecule has 2 aromatic rings. The van der Waals surface area contributed by atoms with Gasteiger partial charge in [0.2, 0.25) is 5.91 Å². The van der Waals surface area contributed by atoms with Gasteiger partial charge in [0.25, 0.3) is 5.91 Å². The summed E-state index contributed by atoms with van der Waals surface area (Å²) in [5.41, 5.74) is 2.00. The van der Waals surface area contributed by atoms with Crippen LogP contribution >= 0.6 is 11.6 Å². The van der Waals surface area contributed by atoms with Gasteiger partial charge in [-0.3, -0.25) is 9.59 Å². The van der Waals surface area contributed by atoms with E-state index in [0.717, 1.165) is 11.3 Å². The molecule has 3 rings (SSSR count). The summed E-state index contributed by atoms with van der Waals surface area (Å²) in [6.45, 7) is 0.315. The number of hydrogen-bond acceptors (Lipinski definition) is 3. The summed E-state index contributed by atoms with van der Waals surface area (Å²) in [4.78, 5) is 24.2. The maximum atomic E-state index is 12.5. The fourth-order valence-corrected chi connectivity index (χ4v) is 2.85. The zero-order valence-electron chi connectivity index (χ0n) is 13.1. The van der Waals surface area contributed by atoms with Crippen LogP contribution in [0.3, 0.4) is 0 Å². The van der Waals surface area contributed by atoms with E-state index in [1.807, 2.05) is 12.1 Å². The summed E-state index contributed by atoms with van der Waals surface area (Å²) < 4.78 is 5.65. The molecule has 2 aromatic carbocycles. The van der Waals surface area contributed by atoms with Crippen LogP contribution in [-0.4, -0.2) is 25.5 Å². The maximum Gasteiger partial charge on any atom is 0.251 e. The van der Waals surface area contributed by atoms with Gasteiger partial charge in [0.05, 0.1) is 5.92 Å². The molecule has 5 nitrogen and oxygen atoms in total. The standard InChI is InChI=1S/C18H17ClN2O3/c1-20-17(22)11-3-2-4-15(9-11)21-18(23)13-7-12-8-14(19)5-6-16(12)24-10-13/h2-6,8-9,13H,7,10H2,1H3,(H,20,22)(H,21,23). The van der Waals surface area contributed by atoms with E-state index in [1.165, 1.54) is 0 Å². The van der Waals surface area contributed by atoms with Crippen LogP contribution in [0.4, 0.5) is 5.69 Å². The number of nitrogens with one attached hydrogen (secondary N) is 2. The zero-order chi connectivity index (χ0) is 17.1. The lowest BCUT2D eigenvalue weighted by Crippen LogP contribution is -2.32. The van der Waals surface area contributed by atoms with Crippen LogP contribution in [0.15, 0.2) is 42.5 Å². The van der Waals surface area contributed by atoms with Crippen molar-refractivity contribution < 1.29 is 14.3 Å². The van der Waals surface area contributed by atoms with Gasteiger partial charge >= 0.3 is 0 Å². The molecule has 124 valence electrons. The lowest BCUT2D eigenvalue weighted by atomic mass is 9.96. The van der Waals surface area contributed by atoms with E-state index in [9.17, 15) is 9.59 Å². The van der Waals surface area contributed by atoms with E-state index in [2.05, 4.69) is 10.6 Å². The van der Waals surface area contributed by atoms with Crippen LogP contribution in [0.25, 0.3) is 0 Å². The Morgan fingerprint density at radius 3 is 2.83 bits per heavy atom. The van der Waals surface area contributed by atoms with Crippen LogP contribution in [0.1, 0.15) is 15.9 Å². The van der Waals surface area contributed by atoms with E-state index in [1.54, 1.807) is 37.4 Å². The highest BCUT2D eigenvalue weighted by Gasteiger charge is 2.26. The summed E-state index contributed by atoms with van der Waals surface area (Å²) in [5, 5.41) is 6.02. The molecule has 24 heavy (non-hydrogen) atoms. The van der Waals surface area contributed by atoms with E-state index in [-0.39, 0.29) is 17.7 Å². The predicted molar refractivity (Wildman–Crippen MR) is 92.6 cm³/mol. The first-order valence-corrected chi connectivity index (χ1v) is 7.99. The average Bonchev–Trinajstić information content (AvgIpc) is 2.60. The summed E-state index contributed by atoms with van der Waals surface area (Å²) in [7, 11) is 1.57. The van der Waals surface area contributed by atoms with Gasteiger partial charge < -0.3 is 15.4 Å². The minimum absolute atomic E-state index is 0.144. The number of anilines is 1. The number of benzene rings is 2. The molecule has 0 saturated carbocycles. The first-order valence-electron chi connectivity index (χ1n) is 7.61. The first-order chi connectivity index (χ1) is 11.6. The highest BCUT2D eigenvalue weighted by molar-refractivity contribution is 6.30. The van der Waals surface area contributed by atoms with Crippen molar-refractivity contribution >= 4 is 29.1 Å². The van der Waals surface area contributed by atoms with E-state index < -0.39 is 0 Å². The van der Waals surface area contributed by atoms with Crippen LogP contribution in [-0.2, 0) is 11.2 Å². The Morgan fingerprint density at radius 2 is 2.04 bits per heavy atom. The van der Waals surface area contributed by atoms with Crippen molar-refractivity contribution in [2.24, 2.45) is 5.92 Å². The fourth-order valence-electron chi connectivity index (χ4n) is 2.66. The SMILES string of the molecule is CNC(=O)c1cccc(NC(=O)C2COc3ccc(Cl)cc3C2)c1. The molecule has 1 unspecified atom stereocenters. The number of carbonyl (C=O) groups excluding carboxylic acids is 2. The summed E-state index contributed by atoms with van der Waals surface area (Å²) in [6, 6.07) is 12.2. The fraction of sp³-hybridized carbons (Fsp3) is 0.222. The third kappa shape index (κ3) is 3.51. The number of rotatable bonds is 3. The lowest BCUT2D eigenvalue weighted by molar-refractivity contribution is -0.121. The van der Waals surface area contributed by atoms with Crippen molar-refractivity contribution in [3.63, 3.8) is 0 Å².